The van der Waals surface area contributed by atoms with Crippen molar-refractivity contribution in [3.63, 3.8) is 0 Å². The predicted octanol–water partition coefficient (Wildman–Crippen LogP) is 1.47. The van der Waals surface area contributed by atoms with Crippen molar-refractivity contribution in [2.24, 2.45) is 0 Å². The maximum Gasteiger partial charge on any atom is 0.303 e. The molecule has 2 aliphatic rings. The van der Waals surface area contributed by atoms with Crippen molar-refractivity contribution in [1.29, 1.82) is 0 Å². The van der Waals surface area contributed by atoms with E-state index in [1.54, 1.807) is 24.3 Å². The third kappa shape index (κ3) is 11.9. The molecular weight excluding hydrogens is 652 g/mol. The lowest BCUT2D eigenvalue weighted by molar-refractivity contribution is -0.363. The van der Waals surface area contributed by atoms with Crippen LogP contribution in [-0.4, -0.2) is 123 Å². The van der Waals surface area contributed by atoms with Gasteiger partial charge in [-0.1, -0.05) is 50.0 Å². The molecule has 15 nitrogen and oxygen atoms in total. The first-order valence-corrected chi connectivity index (χ1v) is 19.5. The SMILES string of the molecule is CC(=O)OC[C@H]1O[C@@H](OCC[Si](C)(C)C)[C@H](OC(C)=O)[C@@H](OC(C)=O)[C@@H]1O[C@@H]1O[C@H](CO)[C@H](O)[C@H](OCc2ccccc2)[C@H]1OC(C)=O. The molecule has 2 heterocycles. The summed E-state index contributed by atoms with van der Waals surface area (Å²) in [5, 5.41) is 21.2. The normalized spacial score (nSPS) is 30.6. The van der Waals surface area contributed by atoms with Crippen LogP contribution in [-0.2, 0) is 68.4 Å². The number of carbonyl (C=O) groups excluding carboxylic acids is 4. The molecule has 0 unspecified atom stereocenters. The highest BCUT2D eigenvalue weighted by molar-refractivity contribution is 6.76. The molecular formula is C32H48O15Si. The molecule has 0 amide bonds. The Kier molecular flexibility index (Phi) is 14.9. The zero-order chi connectivity index (χ0) is 35.6. The minimum absolute atomic E-state index is 0.00610. The summed E-state index contributed by atoms with van der Waals surface area (Å²) in [5.41, 5.74) is 0.747. The van der Waals surface area contributed by atoms with Gasteiger partial charge in [0, 0.05) is 42.4 Å². The standard InChI is InChI=1S/C32H48O15Si/c1-18(34)40-17-24-26(28(42-19(2)35)30(44-21(4)37)31(46-24)39-13-14-48(5,6)7)47-32-29(43-20(3)36)27(25(38)23(15-33)45-32)41-16-22-11-9-8-10-12-22/h8-12,23-33,38H,13-17H2,1-7H3/t23-,24-,25+,26-,27+,28+,29-,30-,31-,32+/m1/s1. The molecule has 10 atom stereocenters. The molecule has 0 saturated carbocycles. The first kappa shape index (κ1) is 39.5. The average Bonchev–Trinajstić information content (AvgIpc) is 2.99. The van der Waals surface area contributed by atoms with Gasteiger partial charge < -0.3 is 52.8 Å². The number of ether oxygens (including phenoxy) is 9. The second-order valence-corrected chi connectivity index (χ2v) is 18.4. The van der Waals surface area contributed by atoms with Crippen molar-refractivity contribution in [1.82, 2.24) is 0 Å². The van der Waals surface area contributed by atoms with Gasteiger partial charge in [-0.25, -0.2) is 0 Å². The van der Waals surface area contributed by atoms with E-state index in [1.165, 1.54) is 6.92 Å². The quantitative estimate of drug-likeness (QED) is 0.152. The molecule has 2 fully saturated rings. The van der Waals surface area contributed by atoms with E-state index in [1.807, 2.05) is 6.07 Å². The molecule has 48 heavy (non-hydrogen) atoms. The molecule has 0 radical (unpaired) electrons. The monoisotopic (exact) mass is 700 g/mol. The summed E-state index contributed by atoms with van der Waals surface area (Å²) in [7, 11) is -1.58. The topological polar surface area (TPSA) is 192 Å². The van der Waals surface area contributed by atoms with E-state index in [2.05, 4.69) is 19.6 Å². The lowest BCUT2D eigenvalue weighted by atomic mass is 9.96. The zero-order valence-corrected chi connectivity index (χ0v) is 29.4. The van der Waals surface area contributed by atoms with Crippen LogP contribution in [0.4, 0.5) is 0 Å². The van der Waals surface area contributed by atoms with Crippen molar-refractivity contribution < 1.29 is 72.0 Å². The summed E-state index contributed by atoms with van der Waals surface area (Å²) < 4.78 is 52.6. The molecule has 0 bridgehead atoms. The summed E-state index contributed by atoms with van der Waals surface area (Å²) in [6.07, 6.45) is -13.6. The van der Waals surface area contributed by atoms with E-state index in [9.17, 15) is 29.4 Å². The Morgan fingerprint density at radius 1 is 0.729 bits per heavy atom. The average molecular weight is 701 g/mol. The molecule has 1 aromatic rings. The molecule has 2 N–H and O–H groups in total. The van der Waals surface area contributed by atoms with Crippen LogP contribution in [0.1, 0.15) is 33.3 Å². The molecule has 0 aromatic heterocycles. The first-order valence-electron chi connectivity index (χ1n) is 15.8. The van der Waals surface area contributed by atoms with Gasteiger partial charge in [-0.15, -0.1) is 0 Å². The Labute approximate surface area is 281 Å². The van der Waals surface area contributed by atoms with Gasteiger partial charge in [0.2, 0.25) is 0 Å². The summed E-state index contributed by atoms with van der Waals surface area (Å²) >= 11 is 0. The van der Waals surface area contributed by atoms with Gasteiger partial charge in [-0.2, -0.15) is 0 Å². The Hall–Kier alpha value is -2.96. The van der Waals surface area contributed by atoms with Crippen molar-refractivity contribution in [3.05, 3.63) is 35.9 Å². The molecule has 270 valence electrons. The molecule has 1 aromatic carbocycles. The van der Waals surface area contributed by atoms with E-state index >= 15 is 0 Å². The molecule has 3 rings (SSSR count). The maximum atomic E-state index is 12.5. The van der Waals surface area contributed by atoms with Gasteiger partial charge in [0.15, 0.2) is 30.9 Å². The Morgan fingerprint density at radius 2 is 1.29 bits per heavy atom. The fourth-order valence-corrected chi connectivity index (χ4v) is 5.95. The number of benzene rings is 1. The number of aliphatic hydroxyl groups excluding tert-OH is 2. The van der Waals surface area contributed by atoms with Crippen LogP contribution in [0.2, 0.25) is 25.7 Å². The van der Waals surface area contributed by atoms with Gasteiger partial charge in [-0.3, -0.25) is 19.2 Å². The summed E-state index contributed by atoms with van der Waals surface area (Å²) in [5.74, 6) is -2.92. The van der Waals surface area contributed by atoms with Crippen LogP contribution in [0.15, 0.2) is 30.3 Å². The lowest BCUT2D eigenvalue weighted by Gasteiger charge is -2.48. The number of aliphatic hydroxyl groups is 2. The highest BCUT2D eigenvalue weighted by Crippen LogP contribution is 2.35. The smallest absolute Gasteiger partial charge is 0.303 e. The fraction of sp³-hybridized carbons (Fsp3) is 0.688. The molecule has 16 heteroatoms. The van der Waals surface area contributed by atoms with E-state index in [4.69, 9.17) is 42.6 Å². The fourth-order valence-electron chi connectivity index (χ4n) is 5.22. The van der Waals surface area contributed by atoms with Crippen LogP contribution in [0.3, 0.4) is 0 Å². The van der Waals surface area contributed by atoms with E-state index in [-0.39, 0.29) is 13.2 Å². The maximum absolute atomic E-state index is 12.5. The third-order valence-corrected chi connectivity index (χ3v) is 9.16. The Balaban J connectivity index is 2.03. The largest absolute Gasteiger partial charge is 0.463 e. The number of carbonyl (C=O) groups is 4. The van der Waals surface area contributed by atoms with E-state index in [0.29, 0.717) is 0 Å². The van der Waals surface area contributed by atoms with Crippen molar-refractivity contribution in [2.75, 3.05) is 19.8 Å². The van der Waals surface area contributed by atoms with Crippen molar-refractivity contribution >= 4 is 32.0 Å². The second-order valence-electron chi connectivity index (χ2n) is 12.8. The van der Waals surface area contributed by atoms with E-state index in [0.717, 1.165) is 32.4 Å². The second kappa shape index (κ2) is 18.1. The van der Waals surface area contributed by atoms with Crippen LogP contribution < -0.4 is 0 Å². The lowest BCUT2D eigenvalue weighted by Crippen LogP contribution is -2.66. The van der Waals surface area contributed by atoms with Crippen LogP contribution in [0.5, 0.6) is 0 Å². The Morgan fingerprint density at radius 3 is 1.83 bits per heavy atom. The molecule has 2 aliphatic heterocycles. The van der Waals surface area contributed by atoms with Gasteiger partial charge >= 0.3 is 23.9 Å². The summed E-state index contributed by atoms with van der Waals surface area (Å²) in [6.45, 7) is 10.2. The van der Waals surface area contributed by atoms with Crippen LogP contribution in [0, 0.1) is 0 Å². The highest BCUT2D eigenvalue weighted by atomic mass is 28.3. The first-order chi connectivity index (χ1) is 22.6. The Bertz CT molecular complexity index is 1210. The third-order valence-electron chi connectivity index (χ3n) is 7.46. The highest BCUT2D eigenvalue weighted by Gasteiger charge is 2.56. The van der Waals surface area contributed by atoms with Crippen LogP contribution >= 0.6 is 0 Å². The zero-order valence-electron chi connectivity index (χ0n) is 28.4. The predicted molar refractivity (Wildman–Crippen MR) is 168 cm³/mol. The minimum atomic E-state index is -1.58. The van der Waals surface area contributed by atoms with Gasteiger partial charge in [0.1, 0.15) is 37.1 Å². The van der Waals surface area contributed by atoms with Gasteiger partial charge in [0.05, 0.1) is 13.2 Å². The van der Waals surface area contributed by atoms with Crippen molar-refractivity contribution in [3.8, 4) is 0 Å². The van der Waals surface area contributed by atoms with Crippen molar-refractivity contribution in [2.45, 2.75) is 121 Å². The molecule has 0 spiro atoms. The minimum Gasteiger partial charge on any atom is -0.463 e. The number of hydrogen-bond donors (Lipinski definition) is 2. The van der Waals surface area contributed by atoms with E-state index < -0.39 is 107 Å². The number of rotatable bonds is 15. The van der Waals surface area contributed by atoms with Crippen LogP contribution in [0.25, 0.3) is 0 Å². The summed E-state index contributed by atoms with van der Waals surface area (Å²) in [4.78, 5) is 49.0. The van der Waals surface area contributed by atoms with Gasteiger partial charge in [-0.05, 0) is 11.6 Å². The number of hydrogen-bond acceptors (Lipinski definition) is 15. The molecule has 0 aliphatic carbocycles. The summed E-state index contributed by atoms with van der Waals surface area (Å²) in [6, 6.07) is 9.74. The van der Waals surface area contributed by atoms with Gasteiger partial charge in [0.25, 0.3) is 0 Å². The molecule has 2 saturated heterocycles. The number of esters is 4.